The Hall–Kier alpha value is -0.830. The molecule has 2 aliphatic rings. The van der Waals surface area contributed by atoms with Gasteiger partial charge >= 0.3 is 0 Å². The molecule has 2 unspecified atom stereocenters. The summed E-state index contributed by atoms with van der Waals surface area (Å²) in [6.45, 7) is 2.22. The minimum atomic E-state index is 0.226. The molecule has 3 rings (SSSR count). The predicted molar refractivity (Wildman–Crippen MR) is 50.4 cm³/mol. The van der Waals surface area contributed by atoms with Gasteiger partial charge < -0.3 is 5.73 Å². The summed E-state index contributed by atoms with van der Waals surface area (Å²) in [5.74, 6) is 1.30. The monoisotopic (exact) mass is 177 g/mol. The molecule has 1 aromatic rings. The number of hydrogen-bond donors (Lipinski definition) is 2. The molecular weight excluding hydrogens is 162 g/mol. The highest BCUT2D eigenvalue weighted by Gasteiger charge is 2.37. The van der Waals surface area contributed by atoms with Crippen molar-refractivity contribution >= 4 is 0 Å². The number of nitrogens with one attached hydrogen (secondary N) is 1. The van der Waals surface area contributed by atoms with Crippen molar-refractivity contribution in [3.63, 3.8) is 0 Å². The largest absolute Gasteiger partial charge is 0.324 e. The van der Waals surface area contributed by atoms with Crippen molar-refractivity contribution in [1.29, 1.82) is 0 Å². The molecule has 1 fully saturated rings. The van der Waals surface area contributed by atoms with Gasteiger partial charge in [0.15, 0.2) is 0 Å². The molecule has 0 amide bonds. The van der Waals surface area contributed by atoms with Crippen LogP contribution in [0.4, 0.5) is 0 Å². The first kappa shape index (κ1) is 7.56. The van der Waals surface area contributed by atoms with E-state index in [9.17, 15) is 0 Å². The van der Waals surface area contributed by atoms with Crippen LogP contribution >= 0.6 is 0 Å². The second-order valence-corrected chi connectivity index (χ2v) is 4.48. The van der Waals surface area contributed by atoms with Gasteiger partial charge in [-0.1, -0.05) is 6.92 Å². The van der Waals surface area contributed by atoms with Crippen LogP contribution in [0.3, 0.4) is 0 Å². The minimum Gasteiger partial charge on any atom is -0.324 e. The van der Waals surface area contributed by atoms with E-state index in [0.29, 0.717) is 5.92 Å². The topological polar surface area (TPSA) is 54.7 Å². The molecule has 1 heterocycles. The predicted octanol–water partition coefficient (Wildman–Crippen LogP) is 1.48. The van der Waals surface area contributed by atoms with E-state index in [0.717, 1.165) is 12.3 Å². The highest BCUT2D eigenvalue weighted by molar-refractivity contribution is 5.37. The van der Waals surface area contributed by atoms with Crippen molar-refractivity contribution in [2.75, 3.05) is 0 Å². The Balaban J connectivity index is 2.06. The third-order valence-electron chi connectivity index (χ3n) is 3.35. The highest BCUT2D eigenvalue weighted by atomic mass is 15.1. The number of aromatic nitrogens is 2. The first-order valence-electron chi connectivity index (χ1n) is 5.10. The van der Waals surface area contributed by atoms with Crippen molar-refractivity contribution in [3.8, 4) is 0 Å². The molecular formula is C10H15N3. The average molecular weight is 177 g/mol. The summed E-state index contributed by atoms with van der Waals surface area (Å²) in [4.78, 5) is 0. The molecule has 0 saturated heterocycles. The molecule has 0 aliphatic heterocycles. The molecule has 0 aromatic carbocycles. The number of nitrogens with two attached hydrogens (primary N) is 1. The molecule has 1 aromatic heterocycles. The number of H-pyrrole nitrogens is 1. The maximum absolute atomic E-state index is 6.14. The number of hydrogen-bond acceptors (Lipinski definition) is 2. The van der Waals surface area contributed by atoms with Gasteiger partial charge in [-0.2, -0.15) is 5.10 Å². The van der Waals surface area contributed by atoms with Crippen LogP contribution in [0.5, 0.6) is 0 Å². The quantitative estimate of drug-likeness (QED) is 0.682. The first-order valence-corrected chi connectivity index (χ1v) is 5.10. The lowest BCUT2D eigenvalue weighted by atomic mass is 10.0. The normalized spacial score (nSPS) is 32.2. The van der Waals surface area contributed by atoms with Crippen molar-refractivity contribution in [2.24, 2.45) is 11.7 Å². The zero-order chi connectivity index (χ0) is 9.00. The molecule has 1 saturated carbocycles. The lowest BCUT2D eigenvalue weighted by Gasteiger charge is -2.10. The van der Waals surface area contributed by atoms with Crippen LogP contribution < -0.4 is 5.73 Å². The number of aromatic amines is 1. The Morgan fingerprint density at radius 3 is 2.92 bits per heavy atom. The van der Waals surface area contributed by atoms with Crippen molar-refractivity contribution in [1.82, 2.24) is 10.2 Å². The van der Waals surface area contributed by atoms with Crippen molar-refractivity contribution in [2.45, 2.75) is 38.1 Å². The van der Waals surface area contributed by atoms with E-state index in [1.54, 1.807) is 0 Å². The maximum Gasteiger partial charge on any atom is 0.0703 e. The zero-order valence-corrected chi connectivity index (χ0v) is 7.88. The lowest BCUT2D eigenvalue weighted by Crippen LogP contribution is -2.15. The second-order valence-electron chi connectivity index (χ2n) is 4.48. The third-order valence-corrected chi connectivity index (χ3v) is 3.35. The van der Waals surface area contributed by atoms with E-state index in [1.165, 1.54) is 29.8 Å². The number of nitrogens with zero attached hydrogens (tertiary/aromatic N) is 1. The highest BCUT2D eigenvalue weighted by Crippen LogP contribution is 2.46. The van der Waals surface area contributed by atoms with Crippen LogP contribution in [0.1, 0.15) is 48.7 Å². The maximum atomic E-state index is 6.14. The van der Waals surface area contributed by atoms with Crippen LogP contribution in [-0.2, 0) is 6.42 Å². The van der Waals surface area contributed by atoms with E-state index in [1.807, 2.05) is 0 Å². The van der Waals surface area contributed by atoms with Gasteiger partial charge in [0, 0.05) is 23.2 Å². The van der Waals surface area contributed by atoms with Gasteiger partial charge in [-0.25, -0.2) is 0 Å². The summed E-state index contributed by atoms with van der Waals surface area (Å²) in [5, 5.41) is 7.52. The zero-order valence-electron chi connectivity index (χ0n) is 7.88. The Kier molecular flexibility index (Phi) is 1.37. The number of fused-ring (bicyclic) bond motifs is 1. The first-order chi connectivity index (χ1) is 6.27. The summed E-state index contributed by atoms with van der Waals surface area (Å²) in [6.07, 6.45) is 3.69. The van der Waals surface area contributed by atoms with Gasteiger partial charge in [-0.3, -0.25) is 5.10 Å². The SMILES string of the molecule is CC1Cc2[nH]nc(C3CC3)c2C1N. The molecule has 3 nitrogen and oxygen atoms in total. The Morgan fingerprint density at radius 1 is 1.46 bits per heavy atom. The van der Waals surface area contributed by atoms with E-state index in [4.69, 9.17) is 5.73 Å². The van der Waals surface area contributed by atoms with Gasteiger partial charge in [0.1, 0.15) is 0 Å². The molecule has 2 aliphatic carbocycles. The summed E-state index contributed by atoms with van der Waals surface area (Å²) in [5.41, 5.74) is 10.0. The van der Waals surface area contributed by atoms with Crippen LogP contribution in [0.2, 0.25) is 0 Å². The molecule has 0 bridgehead atoms. The Morgan fingerprint density at radius 2 is 2.23 bits per heavy atom. The fraction of sp³-hybridized carbons (Fsp3) is 0.700. The van der Waals surface area contributed by atoms with Gasteiger partial charge in [-0.05, 0) is 25.2 Å². The summed E-state index contributed by atoms with van der Waals surface area (Å²) in [6, 6.07) is 0.226. The van der Waals surface area contributed by atoms with Gasteiger partial charge in [0.05, 0.1) is 5.69 Å². The second kappa shape index (κ2) is 2.35. The van der Waals surface area contributed by atoms with Gasteiger partial charge in [0.25, 0.3) is 0 Å². The van der Waals surface area contributed by atoms with Crippen molar-refractivity contribution < 1.29 is 0 Å². The molecule has 13 heavy (non-hydrogen) atoms. The molecule has 0 spiro atoms. The fourth-order valence-corrected chi connectivity index (χ4v) is 2.33. The average Bonchev–Trinajstić information content (AvgIpc) is 2.81. The summed E-state index contributed by atoms with van der Waals surface area (Å²) in [7, 11) is 0. The van der Waals surface area contributed by atoms with E-state index in [2.05, 4.69) is 17.1 Å². The van der Waals surface area contributed by atoms with Crippen LogP contribution in [0.15, 0.2) is 0 Å². The smallest absolute Gasteiger partial charge is 0.0703 e. The molecule has 0 radical (unpaired) electrons. The molecule has 3 N–H and O–H groups in total. The van der Waals surface area contributed by atoms with Crippen LogP contribution in [0.25, 0.3) is 0 Å². The fourth-order valence-electron chi connectivity index (χ4n) is 2.33. The molecule has 70 valence electrons. The van der Waals surface area contributed by atoms with Gasteiger partial charge in [-0.15, -0.1) is 0 Å². The Labute approximate surface area is 77.7 Å². The minimum absolute atomic E-state index is 0.226. The van der Waals surface area contributed by atoms with E-state index >= 15 is 0 Å². The van der Waals surface area contributed by atoms with E-state index in [-0.39, 0.29) is 6.04 Å². The van der Waals surface area contributed by atoms with Crippen LogP contribution in [0, 0.1) is 5.92 Å². The standard InChI is InChI=1S/C10H15N3/c1-5-4-7-8(9(5)11)10(13-12-7)6-2-3-6/h5-6,9H,2-4,11H2,1H3,(H,12,13). The summed E-state index contributed by atoms with van der Waals surface area (Å²) >= 11 is 0. The van der Waals surface area contributed by atoms with Gasteiger partial charge in [0.2, 0.25) is 0 Å². The molecule has 2 atom stereocenters. The van der Waals surface area contributed by atoms with Crippen LogP contribution in [-0.4, -0.2) is 10.2 Å². The van der Waals surface area contributed by atoms with E-state index < -0.39 is 0 Å². The lowest BCUT2D eigenvalue weighted by molar-refractivity contribution is 0.504. The third kappa shape index (κ3) is 0.967. The molecule has 3 heteroatoms. The number of rotatable bonds is 1. The Bertz CT molecular complexity index is 338. The van der Waals surface area contributed by atoms with Crippen molar-refractivity contribution in [3.05, 3.63) is 17.0 Å². The summed E-state index contributed by atoms with van der Waals surface area (Å²) < 4.78 is 0.